The molecule has 1 rings (SSSR count). The highest BCUT2D eigenvalue weighted by Gasteiger charge is 2.24. The Bertz CT molecular complexity index is 774. The Morgan fingerprint density at radius 1 is 1.19 bits per heavy atom. The van der Waals surface area contributed by atoms with Crippen LogP contribution in [0.25, 0.3) is 0 Å². The summed E-state index contributed by atoms with van der Waals surface area (Å²) in [5, 5.41) is 4.18. The minimum atomic E-state index is -3.73. The highest BCUT2D eigenvalue weighted by atomic mass is 32.2. The first-order valence-corrected chi connectivity index (χ1v) is 9.45. The van der Waals surface area contributed by atoms with E-state index in [9.17, 15) is 22.8 Å². The largest absolute Gasteiger partial charge is 0.449 e. The average molecular weight is 385 g/mol. The van der Waals surface area contributed by atoms with Crippen LogP contribution in [-0.2, 0) is 19.6 Å². The second-order valence-corrected chi connectivity index (χ2v) is 7.17. The van der Waals surface area contributed by atoms with Gasteiger partial charge in [0.05, 0.1) is 10.5 Å². The number of ether oxygens (including phenoxy) is 1. The van der Waals surface area contributed by atoms with Gasteiger partial charge in [0.15, 0.2) is 6.10 Å². The number of amides is 3. The van der Waals surface area contributed by atoms with E-state index in [1.807, 2.05) is 5.32 Å². The second-order valence-electron chi connectivity index (χ2n) is 5.23. The van der Waals surface area contributed by atoms with Crippen molar-refractivity contribution in [3.05, 3.63) is 29.8 Å². The van der Waals surface area contributed by atoms with Crippen LogP contribution in [0.3, 0.4) is 0 Å². The van der Waals surface area contributed by atoms with E-state index in [2.05, 4.69) is 5.32 Å². The molecule has 0 heterocycles. The van der Waals surface area contributed by atoms with Crippen LogP contribution in [0.2, 0.25) is 0 Å². The molecule has 0 radical (unpaired) electrons. The summed E-state index contributed by atoms with van der Waals surface area (Å²) in [5.74, 6) is -1.68. The molecule has 1 unspecified atom stereocenters. The van der Waals surface area contributed by atoms with Crippen molar-refractivity contribution in [2.24, 2.45) is 0 Å². The number of benzene rings is 1. The van der Waals surface area contributed by atoms with Crippen molar-refractivity contribution < 1.29 is 27.5 Å². The number of carbonyl (C=O) groups is 3. The molecular formula is C16H23N3O6S. The van der Waals surface area contributed by atoms with Gasteiger partial charge in [-0.05, 0) is 25.1 Å². The number of imide groups is 1. The standard InChI is InChI=1S/C16H23N3O6S/c1-5-19(6-2)26(23,24)13-9-7-8-12(10-13)15(21)25-11(3)14(20)18-16(22)17-4/h7-11H,5-6H2,1-4H3,(H2,17,18,20,22). The third-order valence-electron chi connectivity index (χ3n) is 3.53. The molecule has 0 fully saturated rings. The summed E-state index contributed by atoms with van der Waals surface area (Å²) in [4.78, 5) is 35.0. The quantitative estimate of drug-likeness (QED) is 0.667. The molecule has 0 bridgehead atoms. The lowest BCUT2D eigenvalue weighted by molar-refractivity contribution is -0.127. The molecule has 0 aliphatic rings. The summed E-state index contributed by atoms with van der Waals surface area (Å²) in [6.07, 6.45) is -1.23. The lowest BCUT2D eigenvalue weighted by Crippen LogP contribution is -2.43. The zero-order chi connectivity index (χ0) is 19.9. The van der Waals surface area contributed by atoms with Crippen LogP contribution in [0, 0.1) is 0 Å². The van der Waals surface area contributed by atoms with E-state index in [-0.39, 0.29) is 10.5 Å². The number of nitrogens with zero attached hydrogens (tertiary/aromatic N) is 1. The number of sulfonamides is 1. The predicted molar refractivity (Wildman–Crippen MR) is 94.0 cm³/mol. The second kappa shape index (κ2) is 9.30. The molecule has 1 atom stereocenters. The summed E-state index contributed by atoms with van der Waals surface area (Å²) in [6.45, 7) is 5.32. The minimum Gasteiger partial charge on any atom is -0.449 e. The van der Waals surface area contributed by atoms with E-state index >= 15 is 0 Å². The minimum absolute atomic E-state index is 0.0159. The van der Waals surface area contributed by atoms with E-state index in [1.165, 1.54) is 42.5 Å². The molecule has 0 saturated heterocycles. The van der Waals surface area contributed by atoms with Gasteiger partial charge in [0, 0.05) is 20.1 Å². The average Bonchev–Trinajstić information content (AvgIpc) is 2.62. The summed E-state index contributed by atoms with van der Waals surface area (Å²) in [7, 11) is -2.39. The molecule has 2 N–H and O–H groups in total. The van der Waals surface area contributed by atoms with Crippen molar-refractivity contribution in [2.45, 2.75) is 31.8 Å². The molecule has 10 heteroatoms. The van der Waals surface area contributed by atoms with Gasteiger partial charge in [-0.2, -0.15) is 4.31 Å². The lowest BCUT2D eigenvalue weighted by atomic mass is 10.2. The summed E-state index contributed by atoms with van der Waals surface area (Å²) < 4.78 is 31.3. The van der Waals surface area contributed by atoms with Crippen molar-refractivity contribution in [2.75, 3.05) is 20.1 Å². The Morgan fingerprint density at radius 3 is 2.35 bits per heavy atom. The molecule has 1 aromatic carbocycles. The molecule has 0 aliphatic carbocycles. The highest BCUT2D eigenvalue weighted by molar-refractivity contribution is 7.89. The number of rotatable bonds is 7. The SMILES string of the molecule is CCN(CC)S(=O)(=O)c1cccc(C(=O)OC(C)C(=O)NC(=O)NC)c1. The summed E-state index contributed by atoms with van der Waals surface area (Å²) in [5.41, 5.74) is -0.0159. The number of hydrogen-bond donors (Lipinski definition) is 2. The van der Waals surface area contributed by atoms with Crippen LogP contribution in [0.15, 0.2) is 29.2 Å². The van der Waals surface area contributed by atoms with E-state index in [1.54, 1.807) is 13.8 Å². The number of carbonyl (C=O) groups excluding carboxylic acids is 3. The fourth-order valence-electron chi connectivity index (χ4n) is 2.05. The van der Waals surface area contributed by atoms with Gasteiger partial charge in [0.2, 0.25) is 10.0 Å². The van der Waals surface area contributed by atoms with E-state index in [4.69, 9.17) is 4.74 Å². The molecule has 0 saturated carbocycles. The Morgan fingerprint density at radius 2 is 1.81 bits per heavy atom. The zero-order valence-corrected chi connectivity index (χ0v) is 15.9. The van der Waals surface area contributed by atoms with Crippen molar-refractivity contribution >= 4 is 27.9 Å². The Balaban J connectivity index is 2.95. The van der Waals surface area contributed by atoms with Crippen LogP contribution in [0.5, 0.6) is 0 Å². The van der Waals surface area contributed by atoms with Crippen molar-refractivity contribution in [1.29, 1.82) is 0 Å². The molecule has 3 amide bonds. The topological polar surface area (TPSA) is 122 Å². The molecular weight excluding hydrogens is 362 g/mol. The van der Waals surface area contributed by atoms with E-state index in [0.717, 1.165) is 0 Å². The van der Waals surface area contributed by atoms with Gasteiger partial charge in [0.1, 0.15) is 0 Å². The molecule has 0 spiro atoms. The van der Waals surface area contributed by atoms with Crippen molar-refractivity contribution in [1.82, 2.24) is 14.9 Å². The maximum atomic E-state index is 12.5. The molecule has 144 valence electrons. The zero-order valence-electron chi connectivity index (χ0n) is 15.1. The number of esters is 1. The summed E-state index contributed by atoms with van der Waals surface area (Å²) in [6, 6.07) is 4.64. The van der Waals surface area contributed by atoms with Gasteiger partial charge >= 0.3 is 12.0 Å². The van der Waals surface area contributed by atoms with Crippen LogP contribution in [0.1, 0.15) is 31.1 Å². The van der Waals surface area contributed by atoms with Gasteiger partial charge in [-0.1, -0.05) is 19.9 Å². The fourth-order valence-corrected chi connectivity index (χ4v) is 3.56. The third-order valence-corrected chi connectivity index (χ3v) is 5.58. The van der Waals surface area contributed by atoms with Gasteiger partial charge in [-0.25, -0.2) is 18.0 Å². The van der Waals surface area contributed by atoms with Crippen molar-refractivity contribution in [3.8, 4) is 0 Å². The first-order chi connectivity index (χ1) is 12.2. The van der Waals surface area contributed by atoms with Crippen LogP contribution >= 0.6 is 0 Å². The summed E-state index contributed by atoms with van der Waals surface area (Å²) >= 11 is 0. The van der Waals surface area contributed by atoms with Crippen molar-refractivity contribution in [3.63, 3.8) is 0 Å². The van der Waals surface area contributed by atoms with Gasteiger partial charge in [-0.15, -0.1) is 0 Å². The third kappa shape index (κ3) is 5.27. The maximum Gasteiger partial charge on any atom is 0.338 e. The number of urea groups is 1. The van der Waals surface area contributed by atoms with Gasteiger partial charge in [0.25, 0.3) is 5.91 Å². The number of nitrogens with one attached hydrogen (secondary N) is 2. The first-order valence-electron chi connectivity index (χ1n) is 8.01. The lowest BCUT2D eigenvalue weighted by Gasteiger charge is -2.19. The maximum absolute atomic E-state index is 12.5. The van der Waals surface area contributed by atoms with Gasteiger partial charge in [-0.3, -0.25) is 10.1 Å². The van der Waals surface area contributed by atoms with Crippen LogP contribution in [0.4, 0.5) is 4.79 Å². The molecule has 1 aromatic rings. The molecule has 0 aromatic heterocycles. The van der Waals surface area contributed by atoms with Crippen LogP contribution < -0.4 is 10.6 Å². The normalized spacial score (nSPS) is 12.3. The van der Waals surface area contributed by atoms with E-state index < -0.39 is 34.0 Å². The first kappa shape index (κ1) is 21.6. The van der Waals surface area contributed by atoms with Gasteiger partial charge < -0.3 is 10.1 Å². The highest BCUT2D eigenvalue weighted by Crippen LogP contribution is 2.17. The molecule has 9 nitrogen and oxygen atoms in total. The predicted octanol–water partition coefficient (Wildman–Crippen LogP) is 0.718. The Kier molecular flexibility index (Phi) is 7.72. The monoisotopic (exact) mass is 385 g/mol. The Hall–Kier alpha value is -2.46. The van der Waals surface area contributed by atoms with Crippen LogP contribution in [-0.4, -0.2) is 56.9 Å². The van der Waals surface area contributed by atoms with E-state index in [0.29, 0.717) is 13.1 Å². The smallest absolute Gasteiger partial charge is 0.338 e. The Labute approximate surface area is 152 Å². The molecule has 26 heavy (non-hydrogen) atoms. The fraction of sp³-hybridized carbons (Fsp3) is 0.438. The molecule has 0 aliphatic heterocycles. The number of hydrogen-bond acceptors (Lipinski definition) is 6.